The number of nitrogens with zero attached hydrogens (tertiary/aromatic N) is 6. The van der Waals surface area contributed by atoms with E-state index >= 15 is 0 Å². The summed E-state index contributed by atoms with van der Waals surface area (Å²) in [5.74, 6) is -0.212. The lowest BCUT2D eigenvalue weighted by atomic mass is 10.2. The number of benzene rings is 1. The molecule has 1 aliphatic rings. The van der Waals surface area contributed by atoms with Crippen LogP contribution in [0.15, 0.2) is 58.5 Å². The van der Waals surface area contributed by atoms with Gasteiger partial charge in [-0.15, -0.1) is 0 Å². The average Bonchev–Trinajstić information content (AvgIpc) is 3.25. The average molecular weight is 493 g/mol. The van der Waals surface area contributed by atoms with E-state index in [1.165, 1.54) is 24.0 Å². The summed E-state index contributed by atoms with van der Waals surface area (Å²) in [6.45, 7) is 3.87. The SMILES string of the molecule is Cn1c(=O)[nH]c2ncn(CC(=O)Nc3ccc(N4CCN(Cc5cccc(F)c5)CC4)cn3)c2c1=O. The molecule has 0 unspecified atom stereocenters. The lowest BCUT2D eigenvalue weighted by Gasteiger charge is -2.36. The van der Waals surface area contributed by atoms with Crippen molar-refractivity contribution in [2.24, 2.45) is 7.05 Å². The topological polar surface area (TPSA) is 121 Å². The Hall–Kier alpha value is -4.32. The normalized spacial score (nSPS) is 14.3. The molecular formula is C24H25FN8O3. The molecule has 0 spiro atoms. The minimum absolute atomic E-state index is 0.134. The number of hydrogen-bond acceptors (Lipinski definition) is 7. The van der Waals surface area contributed by atoms with Crippen LogP contribution in [-0.2, 0) is 24.9 Å². The quantitative estimate of drug-likeness (QED) is 0.411. The molecule has 1 fully saturated rings. The highest BCUT2D eigenvalue weighted by Crippen LogP contribution is 2.18. The van der Waals surface area contributed by atoms with E-state index < -0.39 is 11.2 Å². The van der Waals surface area contributed by atoms with E-state index in [1.54, 1.807) is 24.4 Å². The van der Waals surface area contributed by atoms with Gasteiger partial charge in [-0.2, -0.15) is 0 Å². The Kier molecular flexibility index (Phi) is 6.34. The van der Waals surface area contributed by atoms with Crippen LogP contribution >= 0.6 is 0 Å². The number of hydrogen-bond donors (Lipinski definition) is 2. The van der Waals surface area contributed by atoms with Crippen molar-refractivity contribution in [3.63, 3.8) is 0 Å². The number of halogens is 1. The number of H-pyrrole nitrogens is 1. The smallest absolute Gasteiger partial charge is 0.329 e. The summed E-state index contributed by atoms with van der Waals surface area (Å²) in [7, 11) is 1.35. The summed E-state index contributed by atoms with van der Waals surface area (Å²) in [5, 5.41) is 2.72. The van der Waals surface area contributed by atoms with Gasteiger partial charge in [0.25, 0.3) is 5.56 Å². The van der Waals surface area contributed by atoms with Gasteiger partial charge in [0.2, 0.25) is 5.91 Å². The van der Waals surface area contributed by atoms with E-state index in [2.05, 4.69) is 30.1 Å². The van der Waals surface area contributed by atoms with Gasteiger partial charge in [-0.3, -0.25) is 24.0 Å². The largest absolute Gasteiger partial charge is 0.368 e. The summed E-state index contributed by atoms with van der Waals surface area (Å²) in [5.41, 5.74) is 1.09. The van der Waals surface area contributed by atoms with E-state index in [4.69, 9.17) is 0 Å². The zero-order valence-electron chi connectivity index (χ0n) is 19.6. The number of aromatic nitrogens is 5. The van der Waals surface area contributed by atoms with E-state index in [9.17, 15) is 18.8 Å². The number of amides is 1. The first-order valence-electron chi connectivity index (χ1n) is 11.5. The van der Waals surface area contributed by atoms with Crippen LogP contribution < -0.4 is 21.5 Å². The van der Waals surface area contributed by atoms with Crippen molar-refractivity contribution in [1.29, 1.82) is 0 Å². The maximum absolute atomic E-state index is 13.4. The van der Waals surface area contributed by atoms with Crippen LogP contribution in [0.2, 0.25) is 0 Å². The molecule has 1 amide bonds. The van der Waals surface area contributed by atoms with Gasteiger partial charge in [0, 0.05) is 39.8 Å². The van der Waals surface area contributed by atoms with Crippen molar-refractivity contribution >= 4 is 28.6 Å². The Morgan fingerprint density at radius 3 is 2.64 bits per heavy atom. The Balaban J connectivity index is 1.17. The fraction of sp³-hybridized carbons (Fsp3) is 0.292. The zero-order chi connectivity index (χ0) is 25.2. The predicted molar refractivity (Wildman–Crippen MR) is 132 cm³/mol. The monoisotopic (exact) mass is 492 g/mol. The standard InChI is InChI=1S/C24H25FN8O3/c1-30-23(35)21-22(29-24(30)36)27-15-33(21)14-20(34)28-19-6-5-18(12-26-19)32-9-7-31(8-10-32)13-16-3-2-4-17(25)11-16/h2-6,11-12,15H,7-10,13-14H2,1H3,(H,29,36)(H,26,28,34). The Morgan fingerprint density at radius 2 is 1.92 bits per heavy atom. The number of nitrogens with one attached hydrogen (secondary N) is 2. The van der Waals surface area contributed by atoms with E-state index in [0.717, 1.165) is 42.0 Å². The van der Waals surface area contributed by atoms with Crippen LogP contribution in [-0.4, -0.2) is 61.1 Å². The van der Waals surface area contributed by atoms with Crippen molar-refractivity contribution in [3.8, 4) is 0 Å². The van der Waals surface area contributed by atoms with Crippen LogP contribution in [0.4, 0.5) is 15.9 Å². The van der Waals surface area contributed by atoms with Gasteiger partial charge in [0.05, 0.1) is 18.2 Å². The highest BCUT2D eigenvalue weighted by Gasteiger charge is 2.18. The number of carbonyl (C=O) groups excluding carboxylic acids is 1. The number of anilines is 2. The predicted octanol–water partition coefficient (Wildman–Crippen LogP) is 0.918. The first-order chi connectivity index (χ1) is 17.4. The summed E-state index contributed by atoms with van der Waals surface area (Å²) in [4.78, 5) is 52.1. The van der Waals surface area contributed by atoms with Crippen molar-refractivity contribution < 1.29 is 9.18 Å². The van der Waals surface area contributed by atoms with Crippen LogP contribution in [0.25, 0.3) is 11.2 Å². The Labute approximate surface area is 204 Å². The molecule has 0 saturated carbocycles. The van der Waals surface area contributed by atoms with Crippen LogP contribution in [0.5, 0.6) is 0 Å². The van der Waals surface area contributed by atoms with Gasteiger partial charge in [0.1, 0.15) is 18.2 Å². The molecule has 11 nitrogen and oxygen atoms in total. The van der Waals surface area contributed by atoms with Crippen molar-refractivity contribution in [1.82, 2.24) is 29.0 Å². The lowest BCUT2D eigenvalue weighted by Crippen LogP contribution is -2.46. The molecule has 2 N–H and O–H groups in total. The molecule has 12 heteroatoms. The lowest BCUT2D eigenvalue weighted by molar-refractivity contribution is -0.116. The van der Waals surface area contributed by atoms with Gasteiger partial charge in [-0.25, -0.2) is 19.2 Å². The minimum Gasteiger partial charge on any atom is -0.368 e. The minimum atomic E-state index is -0.570. The number of fused-ring (bicyclic) bond motifs is 1. The third-order valence-corrected chi connectivity index (χ3v) is 6.24. The van der Waals surface area contributed by atoms with Gasteiger partial charge >= 0.3 is 5.69 Å². The molecule has 0 aliphatic carbocycles. The third kappa shape index (κ3) is 4.89. The molecule has 1 aliphatic heterocycles. The Morgan fingerprint density at radius 1 is 1.11 bits per heavy atom. The molecule has 0 atom stereocenters. The first-order valence-corrected chi connectivity index (χ1v) is 11.5. The molecule has 3 aromatic heterocycles. The second kappa shape index (κ2) is 9.74. The highest BCUT2D eigenvalue weighted by atomic mass is 19.1. The van der Waals surface area contributed by atoms with Gasteiger partial charge in [-0.05, 0) is 29.8 Å². The number of rotatable bonds is 6. The fourth-order valence-electron chi connectivity index (χ4n) is 4.30. The van der Waals surface area contributed by atoms with Gasteiger partial charge < -0.3 is 14.8 Å². The number of pyridine rings is 1. The van der Waals surface area contributed by atoms with Crippen molar-refractivity contribution in [2.45, 2.75) is 13.1 Å². The molecule has 0 bridgehead atoms. The molecule has 186 valence electrons. The second-order valence-corrected chi connectivity index (χ2v) is 8.71. The summed E-state index contributed by atoms with van der Waals surface area (Å²) < 4.78 is 15.7. The summed E-state index contributed by atoms with van der Waals surface area (Å²) >= 11 is 0. The zero-order valence-corrected chi connectivity index (χ0v) is 19.6. The number of aromatic amines is 1. The van der Waals surface area contributed by atoms with E-state index in [0.29, 0.717) is 12.4 Å². The van der Waals surface area contributed by atoms with Crippen molar-refractivity contribution in [2.75, 3.05) is 36.4 Å². The fourth-order valence-corrected chi connectivity index (χ4v) is 4.30. The summed E-state index contributed by atoms with van der Waals surface area (Å²) in [6, 6.07) is 10.3. The molecule has 1 saturated heterocycles. The van der Waals surface area contributed by atoms with Crippen LogP contribution in [0.1, 0.15) is 5.56 Å². The molecule has 4 aromatic rings. The number of carbonyl (C=O) groups is 1. The molecule has 0 radical (unpaired) electrons. The maximum Gasteiger partial charge on any atom is 0.329 e. The number of imidazole rings is 1. The second-order valence-electron chi connectivity index (χ2n) is 8.71. The Bertz CT molecular complexity index is 1520. The molecule has 36 heavy (non-hydrogen) atoms. The first kappa shape index (κ1) is 23.4. The number of piperazine rings is 1. The van der Waals surface area contributed by atoms with Gasteiger partial charge in [0.15, 0.2) is 11.2 Å². The third-order valence-electron chi connectivity index (χ3n) is 6.24. The van der Waals surface area contributed by atoms with E-state index in [1.807, 2.05) is 12.1 Å². The van der Waals surface area contributed by atoms with Crippen molar-refractivity contribution in [3.05, 3.63) is 81.1 Å². The molecule has 5 rings (SSSR count). The van der Waals surface area contributed by atoms with Gasteiger partial charge in [-0.1, -0.05) is 12.1 Å². The summed E-state index contributed by atoms with van der Waals surface area (Å²) in [6.07, 6.45) is 3.05. The van der Waals surface area contributed by atoms with Crippen LogP contribution in [0, 0.1) is 5.82 Å². The molecule has 1 aromatic carbocycles. The van der Waals surface area contributed by atoms with E-state index in [-0.39, 0.29) is 29.4 Å². The molecular weight excluding hydrogens is 467 g/mol. The maximum atomic E-state index is 13.4. The van der Waals surface area contributed by atoms with Crippen LogP contribution in [0.3, 0.4) is 0 Å². The molecule has 4 heterocycles. The highest BCUT2D eigenvalue weighted by molar-refractivity contribution is 5.90.